The van der Waals surface area contributed by atoms with Gasteiger partial charge in [-0.1, -0.05) is 17.7 Å². The highest BCUT2D eigenvalue weighted by Crippen LogP contribution is 2.30. The average molecular weight is 308 g/mol. The van der Waals surface area contributed by atoms with Gasteiger partial charge in [-0.3, -0.25) is 4.79 Å². The van der Waals surface area contributed by atoms with Gasteiger partial charge >= 0.3 is 5.63 Å². The van der Waals surface area contributed by atoms with E-state index >= 15 is 0 Å². The molecule has 0 aliphatic heterocycles. The van der Waals surface area contributed by atoms with Crippen LogP contribution in [0.3, 0.4) is 0 Å². The lowest BCUT2D eigenvalue weighted by atomic mass is 10.1. The predicted molar refractivity (Wildman–Crippen MR) is 80.9 cm³/mol. The van der Waals surface area contributed by atoms with Gasteiger partial charge in [0.2, 0.25) is 0 Å². The first-order chi connectivity index (χ1) is 10.0. The largest absolute Gasteiger partial charge is 0.482 e. The molecule has 0 saturated carbocycles. The molecule has 1 heterocycles. The minimum absolute atomic E-state index is 0.185. The zero-order valence-corrected chi connectivity index (χ0v) is 12.2. The standard InChI is InChI=1S/C15H14ClNO4/c1-3-4-17-14(18)8-20-13-7-12-10(6-11(13)16)9(2)5-15(19)21-12/h3,5-7H,1,4,8H2,2H3,(H,17,18). The van der Waals surface area contributed by atoms with Gasteiger partial charge in [-0.15, -0.1) is 6.58 Å². The quantitative estimate of drug-likeness (QED) is 0.680. The smallest absolute Gasteiger partial charge is 0.336 e. The normalized spacial score (nSPS) is 10.4. The summed E-state index contributed by atoms with van der Waals surface area (Å²) >= 11 is 6.11. The number of amides is 1. The van der Waals surface area contributed by atoms with Crippen molar-refractivity contribution < 1.29 is 13.9 Å². The zero-order valence-electron chi connectivity index (χ0n) is 11.4. The molecule has 0 aliphatic carbocycles. The number of fused-ring (bicyclic) bond motifs is 1. The van der Waals surface area contributed by atoms with E-state index in [0.717, 1.165) is 10.9 Å². The van der Waals surface area contributed by atoms with E-state index in [1.807, 2.05) is 0 Å². The SMILES string of the molecule is C=CCNC(=O)COc1cc2oc(=O)cc(C)c2cc1Cl. The maximum atomic E-state index is 11.5. The first-order valence-corrected chi connectivity index (χ1v) is 6.63. The monoisotopic (exact) mass is 307 g/mol. The van der Waals surface area contributed by atoms with Crippen molar-refractivity contribution in [2.24, 2.45) is 0 Å². The molecular weight excluding hydrogens is 294 g/mol. The molecule has 2 rings (SSSR count). The van der Waals surface area contributed by atoms with Gasteiger partial charge in [0.1, 0.15) is 11.3 Å². The lowest BCUT2D eigenvalue weighted by Crippen LogP contribution is -2.28. The lowest BCUT2D eigenvalue weighted by Gasteiger charge is -2.09. The second kappa shape index (κ2) is 6.45. The highest BCUT2D eigenvalue weighted by Gasteiger charge is 2.10. The van der Waals surface area contributed by atoms with Crippen LogP contribution in [0.1, 0.15) is 5.56 Å². The molecule has 0 fully saturated rings. The van der Waals surface area contributed by atoms with Crippen molar-refractivity contribution in [1.82, 2.24) is 5.32 Å². The van der Waals surface area contributed by atoms with Crippen molar-refractivity contribution in [3.05, 3.63) is 51.9 Å². The lowest BCUT2D eigenvalue weighted by molar-refractivity contribution is -0.122. The molecule has 0 unspecified atom stereocenters. The van der Waals surface area contributed by atoms with Crippen LogP contribution in [0, 0.1) is 6.92 Å². The summed E-state index contributed by atoms with van der Waals surface area (Å²) in [4.78, 5) is 22.8. The molecule has 110 valence electrons. The van der Waals surface area contributed by atoms with Crippen molar-refractivity contribution in [3.8, 4) is 5.75 Å². The number of hydrogen-bond acceptors (Lipinski definition) is 4. The van der Waals surface area contributed by atoms with Gasteiger partial charge in [0, 0.05) is 24.1 Å². The number of ether oxygens (including phenoxy) is 1. The van der Waals surface area contributed by atoms with Gasteiger partial charge in [0.15, 0.2) is 6.61 Å². The summed E-state index contributed by atoms with van der Waals surface area (Å²) in [6.45, 7) is 5.46. The fourth-order valence-corrected chi connectivity index (χ4v) is 2.03. The van der Waals surface area contributed by atoms with Crippen molar-refractivity contribution >= 4 is 28.5 Å². The van der Waals surface area contributed by atoms with Crippen LogP contribution >= 0.6 is 11.6 Å². The molecule has 0 aliphatic rings. The Morgan fingerprint density at radius 1 is 1.48 bits per heavy atom. The number of halogens is 1. The van der Waals surface area contributed by atoms with E-state index in [-0.39, 0.29) is 18.3 Å². The summed E-state index contributed by atoms with van der Waals surface area (Å²) in [5.74, 6) is -0.0107. The van der Waals surface area contributed by atoms with Crippen molar-refractivity contribution in [2.45, 2.75) is 6.92 Å². The van der Waals surface area contributed by atoms with E-state index < -0.39 is 5.63 Å². The van der Waals surface area contributed by atoms with Crippen molar-refractivity contribution in [1.29, 1.82) is 0 Å². The van der Waals surface area contributed by atoms with E-state index in [9.17, 15) is 9.59 Å². The first kappa shape index (κ1) is 15.1. The number of aryl methyl sites for hydroxylation is 1. The third kappa shape index (κ3) is 3.64. The number of carbonyl (C=O) groups is 1. The van der Waals surface area contributed by atoms with Crippen LogP contribution in [-0.2, 0) is 4.79 Å². The third-order valence-electron chi connectivity index (χ3n) is 2.81. The number of nitrogens with one attached hydrogen (secondary N) is 1. The van der Waals surface area contributed by atoms with E-state index in [2.05, 4.69) is 11.9 Å². The minimum atomic E-state index is -0.447. The molecular formula is C15H14ClNO4. The highest BCUT2D eigenvalue weighted by molar-refractivity contribution is 6.32. The maximum Gasteiger partial charge on any atom is 0.336 e. The Labute approximate surface area is 126 Å². The molecule has 21 heavy (non-hydrogen) atoms. The molecule has 5 nitrogen and oxygen atoms in total. The van der Waals surface area contributed by atoms with Gasteiger partial charge < -0.3 is 14.5 Å². The molecule has 1 amide bonds. The van der Waals surface area contributed by atoms with Crippen LogP contribution in [0.5, 0.6) is 5.75 Å². The molecule has 0 saturated heterocycles. The van der Waals surface area contributed by atoms with Gasteiger partial charge in [0.05, 0.1) is 5.02 Å². The summed E-state index contributed by atoms with van der Waals surface area (Å²) in [7, 11) is 0. The molecule has 0 radical (unpaired) electrons. The van der Waals surface area contributed by atoms with Gasteiger partial charge in [0.25, 0.3) is 5.91 Å². The summed E-state index contributed by atoms with van der Waals surface area (Å²) < 4.78 is 10.4. The van der Waals surface area contributed by atoms with Gasteiger partial charge in [-0.25, -0.2) is 4.79 Å². The summed E-state index contributed by atoms with van der Waals surface area (Å²) in [5.41, 5.74) is 0.682. The molecule has 6 heteroatoms. The summed E-state index contributed by atoms with van der Waals surface area (Å²) in [6.07, 6.45) is 1.57. The van der Waals surface area contributed by atoms with Crippen LogP contribution in [0.4, 0.5) is 0 Å². The zero-order chi connectivity index (χ0) is 15.4. The second-order valence-corrected chi connectivity index (χ2v) is 4.82. The first-order valence-electron chi connectivity index (χ1n) is 6.25. The molecule has 2 aromatic rings. The number of benzene rings is 1. The van der Waals surface area contributed by atoms with E-state index in [4.69, 9.17) is 20.8 Å². The topological polar surface area (TPSA) is 68.5 Å². The van der Waals surface area contributed by atoms with Crippen molar-refractivity contribution in [2.75, 3.05) is 13.2 Å². The maximum absolute atomic E-state index is 11.5. The van der Waals surface area contributed by atoms with Gasteiger partial charge in [-0.05, 0) is 18.6 Å². The number of rotatable bonds is 5. The molecule has 0 bridgehead atoms. The molecule has 1 aromatic carbocycles. The van der Waals surface area contributed by atoms with Crippen molar-refractivity contribution in [3.63, 3.8) is 0 Å². The number of hydrogen-bond donors (Lipinski definition) is 1. The predicted octanol–water partition coefficient (Wildman–Crippen LogP) is 2.44. The van der Waals surface area contributed by atoms with Crippen LogP contribution in [0.2, 0.25) is 5.02 Å². The summed E-state index contributed by atoms with van der Waals surface area (Å²) in [5, 5.41) is 3.65. The van der Waals surface area contributed by atoms with Crippen LogP contribution in [0.15, 0.2) is 40.1 Å². The Balaban J connectivity index is 2.24. The Bertz CT molecular complexity index is 751. The van der Waals surface area contributed by atoms with Crippen LogP contribution in [-0.4, -0.2) is 19.1 Å². The van der Waals surface area contributed by atoms with E-state index in [1.165, 1.54) is 12.1 Å². The van der Waals surface area contributed by atoms with Gasteiger partial charge in [-0.2, -0.15) is 0 Å². The Hall–Kier alpha value is -2.27. The average Bonchev–Trinajstić information content (AvgIpc) is 2.43. The summed E-state index contributed by atoms with van der Waals surface area (Å²) in [6, 6.07) is 4.54. The van der Waals surface area contributed by atoms with Crippen LogP contribution in [0.25, 0.3) is 11.0 Å². The third-order valence-corrected chi connectivity index (χ3v) is 3.10. The molecule has 0 atom stereocenters. The Morgan fingerprint density at radius 3 is 2.95 bits per heavy atom. The van der Waals surface area contributed by atoms with E-state index in [1.54, 1.807) is 19.1 Å². The molecule has 1 aromatic heterocycles. The molecule has 0 spiro atoms. The van der Waals surface area contributed by atoms with Crippen LogP contribution < -0.4 is 15.7 Å². The Kier molecular flexibility index (Phi) is 4.65. The highest BCUT2D eigenvalue weighted by atomic mass is 35.5. The second-order valence-electron chi connectivity index (χ2n) is 4.41. The Morgan fingerprint density at radius 2 is 2.24 bits per heavy atom. The number of carbonyl (C=O) groups excluding carboxylic acids is 1. The fourth-order valence-electron chi connectivity index (χ4n) is 1.81. The molecule has 1 N–H and O–H groups in total. The minimum Gasteiger partial charge on any atom is -0.482 e. The van der Waals surface area contributed by atoms with E-state index in [0.29, 0.717) is 17.2 Å². The fraction of sp³-hybridized carbons (Fsp3) is 0.200.